The summed E-state index contributed by atoms with van der Waals surface area (Å²) in [7, 11) is 1.61. The lowest BCUT2D eigenvalue weighted by molar-refractivity contribution is 0.131. The van der Waals surface area contributed by atoms with E-state index in [0.29, 0.717) is 31.6 Å². The maximum atomic E-state index is 12.3. The van der Waals surface area contributed by atoms with Gasteiger partial charge in [-0.2, -0.15) is 5.10 Å². The number of H-pyrrole nitrogens is 1. The fraction of sp³-hybridized carbons (Fsp3) is 0.316. The number of rotatable bonds is 3. The summed E-state index contributed by atoms with van der Waals surface area (Å²) in [6, 6.07) is 9.14. The van der Waals surface area contributed by atoms with E-state index in [2.05, 4.69) is 10.1 Å². The number of methoxy groups -OCH3 is 1. The van der Waals surface area contributed by atoms with Gasteiger partial charge in [-0.3, -0.25) is 4.79 Å². The molecule has 4 rings (SSSR count). The van der Waals surface area contributed by atoms with Gasteiger partial charge in [-0.25, -0.2) is 9.31 Å². The quantitative estimate of drug-likeness (QED) is 0.740. The predicted molar refractivity (Wildman–Crippen MR) is 99.4 cm³/mol. The predicted octanol–water partition coefficient (Wildman–Crippen LogP) is 2.56. The van der Waals surface area contributed by atoms with Gasteiger partial charge in [-0.05, 0) is 30.5 Å². The summed E-state index contributed by atoms with van der Waals surface area (Å²) in [5.74, 6) is 0.851. The van der Waals surface area contributed by atoms with Crippen LogP contribution in [-0.2, 0) is 0 Å². The van der Waals surface area contributed by atoms with Crippen molar-refractivity contribution in [1.29, 1.82) is 0 Å². The Morgan fingerprint density at radius 1 is 1.26 bits per heavy atom. The molecule has 2 aromatic heterocycles. The fourth-order valence-electron chi connectivity index (χ4n) is 3.65. The molecule has 1 amide bonds. The molecule has 1 aliphatic rings. The Hall–Kier alpha value is -3.29. The third-order valence-corrected chi connectivity index (χ3v) is 5.12. The van der Waals surface area contributed by atoms with Gasteiger partial charge in [0.2, 0.25) is 0 Å². The Balaban J connectivity index is 1.72. The molecular formula is C19H20N4O4. The molecule has 0 radical (unpaired) electrons. The van der Waals surface area contributed by atoms with Gasteiger partial charge in [0.15, 0.2) is 0 Å². The van der Waals surface area contributed by atoms with E-state index in [1.165, 1.54) is 4.90 Å². The maximum absolute atomic E-state index is 12.3. The van der Waals surface area contributed by atoms with Crippen LogP contribution in [0.15, 0.2) is 41.3 Å². The standard InChI is InChI=1S/C19H20N4O4/c1-27-14-4-2-12(3-5-14)15-11-20-23-16(10-17(24)21-18(15)23)13-6-8-22(9-7-13)19(25)26/h2-5,10-11,13H,6-9H2,1H3,(H,21,24)(H,25,26). The summed E-state index contributed by atoms with van der Waals surface area (Å²) in [6.45, 7) is 0.918. The first-order valence-corrected chi connectivity index (χ1v) is 8.80. The zero-order chi connectivity index (χ0) is 19.0. The molecule has 0 spiro atoms. The van der Waals surface area contributed by atoms with Crippen molar-refractivity contribution in [3.05, 3.63) is 52.6 Å². The lowest BCUT2D eigenvalue weighted by atomic mass is 9.93. The van der Waals surface area contributed by atoms with Gasteiger partial charge in [0.25, 0.3) is 5.56 Å². The monoisotopic (exact) mass is 368 g/mol. The van der Waals surface area contributed by atoms with Crippen LogP contribution in [-0.4, -0.2) is 50.9 Å². The van der Waals surface area contributed by atoms with Crippen molar-refractivity contribution in [3.8, 4) is 16.9 Å². The largest absolute Gasteiger partial charge is 0.497 e. The third-order valence-electron chi connectivity index (χ3n) is 5.12. The molecule has 3 aromatic rings. The van der Waals surface area contributed by atoms with Gasteiger partial charge in [-0.15, -0.1) is 0 Å². The fourth-order valence-corrected chi connectivity index (χ4v) is 3.65. The van der Waals surface area contributed by atoms with Gasteiger partial charge < -0.3 is 19.7 Å². The van der Waals surface area contributed by atoms with Crippen molar-refractivity contribution in [2.75, 3.05) is 20.2 Å². The molecule has 3 heterocycles. The Morgan fingerprint density at radius 2 is 1.96 bits per heavy atom. The Bertz CT molecular complexity index is 1030. The summed E-state index contributed by atoms with van der Waals surface area (Å²) < 4.78 is 6.96. The average molecular weight is 368 g/mol. The lowest BCUT2D eigenvalue weighted by Gasteiger charge is -2.30. The minimum atomic E-state index is -0.898. The molecule has 140 valence electrons. The van der Waals surface area contributed by atoms with Crippen LogP contribution in [0.25, 0.3) is 16.8 Å². The van der Waals surface area contributed by atoms with E-state index in [0.717, 1.165) is 22.6 Å². The highest BCUT2D eigenvalue weighted by atomic mass is 16.5. The van der Waals surface area contributed by atoms with E-state index in [4.69, 9.17) is 9.84 Å². The van der Waals surface area contributed by atoms with Crippen LogP contribution in [0.5, 0.6) is 5.75 Å². The molecule has 0 aliphatic carbocycles. The number of ether oxygens (including phenoxy) is 1. The topological polar surface area (TPSA) is 99.9 Å². The summed E-state index contributed by atoms with van der Waals surface area (Å²) in [6.07, 6.45) is 2.18. The molecule has 1 fully saturated rings. The smallest absolute Gasteiger partial charge is 0.407 e. The summed E-state index contributed by atoms with van der Waals surface area (Å²) in [5, 5.41) is 13.6. The zero-order valence-corrected chi connectivity index (χ0v) is 14.9. The van der Waals surface area contributed by atoms with Gasteiger partial charge in [0, 0.05) is 30.6 Å². The first-order valence-electron chi connectivity index (χ1n) is 8.80. The van der Waals surface area contributed by atoms with Gasteiger partial charge in [-0.1, -0.05) is 12.1 Å². The second kappa shape index (κ2) is 6.79. The molecule has 2 N–H and O–H groups in total. The van der Waals surface area contributed by atoms with E-state index >= 15 is 0 Å². The van der Waals surface area contributed by atoms with Crippen molar-refractivity contribution in [1.82, 2.24) is 19.5 Å². The van der Waals surface area contributed by atoms with Crippen molar-refractivity contribution >= 4 is 11.7 Å². The van der Waals surface area contributed by atoms with Gasteiger partial charge in [0.1, 0.15) is 11.4 Å². The van der Waals surface area contributed by atoms with Crippen molar-refractivity contribution < 1.29 is 14.6 Å². The number of nitrogens with zero attached hydrogens (tertiary/aromatic N) is 3. The number of likely N-dealkylation sites (tertiary alicyclic amines) is 1. The van der Waals surface area contributed by atoms with Gasteiger partial charge in [0.05, 0.1) is 19.0 Å². The number of hydrogen-bond donors (Lipinski definition) is 2. The normalized spacial score (nSPS) is 15.2. The average Bonchev–Trinajstić information content (AvgIpc) is 3.11. The minimum absolute atomic E-state index is 0.0917. The van der Waals surface area contributed by atoms with Crippen molar-refractivity contribution in [2.24, 2.45) is 0 Å². The van der Waals surface area contributed by atoms with E-state index < -0.39 is 6.09 Å². The minimum Gasteiger partial charge on any atom is -0.497 e. The SMILES string of the molecule is COc1ccc(-c2cnn3c(C4CCN(C(=O)O)CC4)cc(=O)[nH]c23)cc1. The van der Waals surface area contributed by atoms with E-state index in [-0.39, 0.29) is 11.5 Å². The first-order chi connectivity index (χ1) is 13.1. The van der Waals surface area contributed by atoms with Crippen LogP contribution in [0.4, 0.5) is 4.79 Å². The van der Waals surface area contributed by atoms with Gasteiger partial charge >= 0.3 is 6.09 Å². The number of piperidine rings is 1. The number of carboxylic acid groups (broad SMARTS) is 1. The molecule has 27 heavy (non-hydrogen) atoms. The number of nitrogens with one attached hydrogen (secondary N) is 1. The van der Waals surface area contributed by atoms with Crippen molar-refractivity contribution in [3.63, 3.8) is 0 Å². The number of hydrogen-bond acceptors (Lipinski definition) is 4. The highest BCUT2D eigenvalue weighted by Gasteiger charge is 2.26. The lowest BCUT2D eigenvalue weighted by Crippen LogP contribution is -2.37. The Kier molecular flexibility index (Phi) is 4.31. The number of aromatic amines is 1. The van der Waals surface area contributed by atoms with Crippen molar-refractivity contribution in [2.45, 2.75) is 18.8 Å². The van der Waals surface area contributed by atoms with E-state index in [1.54, 1.807) is 23.9 Å². The maximum Gasteiger partial charge on any atom is 0.407 e. The molecule has 1 aromatic carbocycles. The Labute approximate surface area is 155 Å². The summed E-state index contributed by atoms with van der Waals surface area (Å²) in [4.78, 5) is 27.7. The van der Waals surface area contributed by atoms with Crippen LogP contribution in [0.2, 0.25) is 0 Å². The zero-order valence-electron chi connectivity index (χ0n) is 14.9. The van der Waals surface area contributed by atoms with E-state index in [1.807, 2.05) is 24.3 Å². The van der Waals surface area contributed by atoms with Crippen LogP contribution in [0.1, 0.15) is 24.5 Å². The molecule has 0 bridgehead atoms. The molecule has 8 heteroatoms. The van der Waals surface area contributed by atoms with Crippen LogP contribution in [0.3, 0.4) is 0 Å². The number of carbonyl (C=O) groups is 1. The molecular weight excluding hydrogens is 348 g/mol. The van der Waals surface area contributed by atoms with Crippen LogP contribution < -0.4 is 10.3 Å². The summed E-state index contributed by atoms with van der Waals surface area (Å²) in [5.41, 5.74) is 3.04. The third kappa shape index (κ3) is 3.14. The first kappa shape index (κ1) is 17.1. The highest BCUT2D eigenvalue weighted by Crippen LogP contribution is 2.30. The summed E-state index contributed by atoms with van der Waals surface area (Å²) >= 11 is 0. The number of fused-ring (bicyclic) bond motifs is 1. The molecule has 8 nitrogen and oxygen atoms in total. The highest BCUT2D eigenvalue weighted by molar-refractivity contribution is 5.77. The van der Waals surface area contributed by atoms with Crippen LogP contribution >= 0.6 is 0 Å². The molecule has 0 unspecified atom stereocenters. The Morgan fingerprint density at radius 3 is 2.59 bits per heavy atom. The number of aromatic nitrogens is 3. The van der Waals surface area contributed by atoms with E-state index in [9.17, 15) is 9.59 Å². The second-order valence-electron chi connectivity index (χ2n) is 6.65. The number of benzene rings is 1. The molecule has 0 saturated carbocycles. The van der Waals surface area contributed by atoms with Crippen LogP contribution in [0, 0.1) is 0 Å². The number of amides is 1. The molecule has 0 atom stereocenters. The second-order valence-corrected chi connectivity index (χ2v) is 6.65. The molecule has 1 aliphatic heterocycles. The molecule has 1 saturated heterocycles.